The van der Waals surface area contributed by atoms with Crippen molar-refractivity contribution in [1.82, 2.24) is 4.98 Å². The molecule has 3 aromatic rings. The summed E-state index contributed by atoms with van der Waals surface area (Å²) in [5.41, 5.74) is 3.37. The molecule has 17 heavy (non-hydrogen) atoms. The maximum atomic E-state index is 4.62. The van der Waals surface area contributed by atoms with E-state index in [4.69, 9.17) is 0 Å². The van der Waals surface area contributed by atoms with Crippen LogP contribution in [-0.2, 0) is 32.7 Å². The van der Waals surface area contributed by atoms with Gasteiger partial charge in [-0.3, -0.25) is 0 Å². The summed E-state index contributed by atoms with van der Waals surface area (Å²) in [4.78, 5) is 4.62. The zero-order valence-corrected chi connectivity index (χ0v) is 12.6. The number of allylic oxidation sites excluding steroid dienone is 1. The van der Waals surface area contributed by atoms with Crippen LogP contribution < -0.4 is 4.98 Å². The number of nitrogens with zero attached hydrogens (tertiary/aromatic N) is 1. The Balaban J connectivity index is 0.00000108. The third kappa shape index (κ3) is 2.22. The quantitative estimate of drug-likeness (QED) is 0.662. The average Bonchev–Trinajstić information content (AvgIpc) is 2.67. The normalized spacial score (nSPS) is 11.1. The minimum Gasteiger partial charge on any atom is -0.657 e. The van der Waals surface area contributed by atoms with Crippen LogP contribution >= 0.6 is 0 Å². The van der Waals surface area contributed by atoms with Crippen molar-refractivity contribution in [2.75, 3.05) is 0 Å². The molecule has 3 rings (SSSR count). The van der Waals surface area contributed by atoms with Gasteiger partial charge in [-0.05, 0) is 23.3 Å². The Morgan fingerprint density at radius 3 is 2.53 bits per heavy atom. The Hall–Kier alpha value is -0.916. The topological polar surface area (TPSA) is 14.1 Å². The monoisotopic (exact) mass is 295 g/mol. The van der Waals surface area contributed by atoms with Crippen molar-refractivity contribution in [3.05, 3.63) is 54.1 Å². The second kappa shape index (κ2) is 5.16. The van der Waals surface area contributed by atoms with Gasteiger partial charge in [-0.1, -0.05) is 54.6 Å². The first kappa shape index (κ1) is 12.5. The van der Waals surface area contributed by atoms with Gasteiger partial charge in [0, 0.05) is 32.7 Å². The van der Waals surface area contributed by atoms with E-state index in [1.54, 1.807) is 0 Å². The Morgan fingerprint density at radius 2 is 1.71 bits per heavy atom. The Labute approximate surface area is 126 Å². The summed E-state index contributed by atoms with van der Waals surface area (Å²) in [5.74, 6) is 0. The van der Waals surface area contributed by atoms with E-state index in [9.17, 15) is 0 Å². The minimum atomic E-state index is 0. The minimum absolute atomic E-state index is 0. The molecule has 1 nitrogen and oxygen atoms in total. The summed E-state index contributed by atoms with van der Waals surface area (Å²) >= 11 is 0. The molecule has 0 aliphatic rings. The maximum absolute atomic E-state index is 4.62. The van der Waals surface area contributed by atoms with E-state index in [2.05, 4.69) is 47.5 Å². The first-order valence-corrected chi connectivity index (χ1v) is 5.46. The summed E-state index contributed by atoms with van der Waals surface area (Å²) in [6.45, 7) is 2.03. The van der Waals surface area contributed by atoms with Crippen LogP contribution in [0.5, 0.6) is 0 Å². The molecular weight excluding hydrogens is 283 g/mol. The van der Waals surface area contributed by atoms with Crippen LogP contribution in [0.3, 0.4) is 0 Å². The predicted molar refractivity (Wildman–Crippen MR) is 69.5 cm³/mol. The van der Waals surface area contributed by atoms with Crippen molar-refractivity contribution in [2.24, 2.45) is 0 Å². The maximum Gasteiger partial charge on any atom is 0 e. The molecule has 0 spiro atoms. The van der Waals surface area contributed by atoms with Gasteiger partial charge >= 0.3 is 0 Å². The summed E-state index contributed by atoms with van der Waals surface area (Å²) in [6.07, 6.45) is 4.14. The molecule has 2 heteroatoms. The fourth-order valence-corrected chi connectivity index (χ4v) is 2.09. The van der Waals surface area contributed by atoms with Crippen molar-refractivity contribution in [3.63, 3.8) is 0 Å². The summed E-state index contributed by atoms with van der Waals surface area (Å²) < 4.78 is 0. The van der Waals surface area contributed by atoms with Gasteiger partial charge < -0.3 is 4.98 Å². The smallest absolute Gasteiger partial charge is 0 e. The average molecular weight is 295 g/mol. The van der Waals surface area contributed by atoms with Crippen molar-refractivity contribution in [3.8, 4) is 0 Å². The van der Waals surface area contributed by atoms with E-state index in [0.717, 1.165) is 11.0 Å². The van der Waals surface area contributed by atoms with Gasteiger partial charge in [0.1, 0.15) is 0 Å². The number of fused-ring (bicyclic) bond motifs is 3. The molecule has 0 aliphatic heterocycles. The second-order valence-corrected chi connectivity index (χ2v) is 3.91. The molecule has 1 heterocycles. The largest absolute Gasteiger partial charge is 0.657 e. The van der Waals surface area contributed by atoms with Crippen molar-refractivity contribution in [1.29, 1.82) is 0 Å². The van der Waals surface area contributed by atoms with Crippen LogP contribution in [0.2, 0.25) is 0 Å². The molecule has 2 aromatic carbocycles. The Morgan fingerprint density at radius 1 is 0.941 bits per heavy atom. The van der Waals surface area contributed by atoms with E-state index in [1.807, 2.05) is 19.1 Å². The molecule has 0 N–H and O–H groups in total. The molecule has 0 fully saturated rings. The summed E-state index contributed by atoms with van der Waals surface area (Å²) in [6, 6.07) is 14.7. The van der Waals surface area contributed by atoms with E-state index in [1.165, 1.54) is 16.3 Å². The van der Waals surface area contributed by atoms with E-state index in [-0.39, 0.29) is 32.7 Å². The SMILES string of the molecule is C/C=C/c1ccc2c(c1)[n-]c1ccccc12.[Y]. The third-order valence-electron chi connectivity index (χ3n) is 2.82. The standard InChI is InChI=1S/C15H12N.Y/c1-2-5-11-8-9-13-12-6-3-4-7-14(12)16-15(13)10-11;/h2-10H,1H3;/q-1;/b5-2+;. The zero-order chi connectivity index (χ0) is 11.0. The van der Waals surface area contributed by atoms with Crippen molar-refractivity contribution >= 4 is 27.9 Å². The number of aromatic nitrogens is 1. The molecule has 0 saturated carbocycles. The van der Waals surface area contributed by atoms with Gasteiger partial charge in [-0.2, -0.15) is 0 Å². The molecule has 0 amide bonds. The zero-order valence-electron chi connectivity index (χ0n) is 9.72. The molecule has 0 bridgehead atoms. The molecule has 0 atom stereocenters. The van der Waals surface area contributed by atoms with Crippen LogP contribution in [0.15, 0.2) is 48.5 Å². The van der Waals surface area contributed by atoms with Crippen LogP contribution in [-0.4, -0.2) is 0 Å². The van der Waals surface area contributed by atoms with Crippen LogP contribution in [0.25, 0.3) is 27.9 Å². The molecular formula is C15H12NY-. The van der Waals surface area contributed by atoms with Crippen LogP contribution in [0.1, 0.15) is 12.5 Å². The van der Waals surface area contributed by atoms with Crippen LogP contribution in [0, 0.1) is 0 Å². The number of hydrogen-bond donors (Lipinski definition) is 0. The van der Waals surface area contributed by atoms with Gasteiger partial charge in [-0.15, -0.1) is 11.0 Å². The summed E-state index contributed by atoms with van der Waals surface area (Å²) in [5, 5.41) is 2.48. The van der Waals surface area contributed by atoms with Gasteiger partial charge in [0.05, 0.1) is 0 Å². The molecule has 81 valence electrons. The fourth-order valence-electron chi connectivity index (χ4n) is 2.09. The van der Waals surface area contributed by atoms with Gasteiger partial charge in [-0.25, -0.2) is 0 Å². The van der Waals surface area contributed by atoms with Crippen LogP contribution in [0.4, 0.5) is 0 Å². The first-order valence-electron chi connectivity index (χ1n) is 5.46. The molecule has 0 saturated heterocycles. The number of hydrogen-bond acceptors (Lipinski definition) is 0. The van der Waals surface area contributed by atoms with Gasteiger partial charge in [0.2, 0.25) is 0 Å². The fraction of sp³-hybridized carbons (Fsp3) is 0.0667. The number of benzene rings is 2. The van der Waals surface area contributed by atoms with Crippen molar-refractivity contribution < 1.29 is 32.7 Å². The van der Waals surface area contributed by atoms with E-state index < -0.39 is 0 Å². The van der Waals surface area contributed by atoms with Crippen molar-refractivity contribution in [2.45, 2.75) is 6.92 Å². The van der Waals surface area contributed by atoms with E-state index >= 15 is 0 Å². The third-order valence-corrected chi connectivity index (χ3v) is 2.82. The first-order chi connectivity index (χ1) is 7.88. The second-order valence-electron chi connectivity index (χ2n) is 3.91. The van der Waals surface area contributed by atoms with E-state index in [0.29, 0.717) is 0 Å². The Kier molecular flexibility index (Phi) is 3.80. The molecule has 1 aromatic heterocycles. The Bertz CT molecular complexity index is 680. The van der Waals surface area contributed by atoms with Gasteiger partial charge in [0.25, 0.3) is 0 Å². The molecule has 0 unspecified atom stereocenters. The molecule has 1 radical (unpaired) electrons. The number of rotatable bonds is 1. The summed E-state index contributed by atoms with van der Waals surface area (Å²) in [7, 11) is 0. The predicted octanol–water partition coefficient (Wildman–Crippen LogP) is 3.98. The van der Waals surface area contributed by atoms with Gasteiger partial charge in [0.15, 0.2) is 0 Å². The molecule has 0 aliphatic carbocycles. The number of para-hydroxylation sites is 1.